The molecule has 0 aromatic heterocycles. The van der Waals surface area contributed by atoms with Gasteiger partial charge in [-0.15, -0.1) is 0 Å². The normalized spacial score (nSPS) is 26.4. The molecule has 1 aromatic carbocycles. The Morgan fingerprint density at radius 3 is 2.85 bits per heavy atom. The van der Waals surface area contributed by atoms with Crippen LogP contribution in [0.5, 0.6) is 0 Å². The fraction of sp³-hybridized carbons (Fsp3) is 0.400. The van der Waals surface area contributed by atoms with Gasteiger partial charge >= 0.3 is 0 Å². The van der Waals surface area contributed by atoms with E-state index in [0.717, 1.165) is 29.7 Å². The van der Waals surface area contributed by atoms with Crippen molar-refractivity contribution in [1.82, 2.24) is 4.83 Å². The van der Waals surface area contributed by atoms with Crippen LogP contribution < -0.4 is 4.83 Å². The van der Waals surface area contributed by atoms with Crippen LogP contribution in [0.3, 0.4) is 0 Å². The number of benzene rings is 1. The van der Waals surface area contributed by atoms with Crippen molar-refractivity contribution in [2.24, 2.45) is 16.9 Å². The van der Waals surface area contributed by atoms with Crippen molar-refractivity contribution < 1.29 is 8.42 Å². The number of aryl methyl sites for hydroxylation is 2. The molecule has 0 unspecified atom stereocenters. The van der Waals surface area contributed by atoms with Gasteiger partial charge in [0, 0.05) is 11.6 Å². The second-order valence-corrected chi connectivity index (χ2v) is 7.23. The summed E-state index contributed by atoms with van der Waals surface area (Å²) in [5.41, 5.74) is 2.62. The molecule has 0 spiro atoms. The largest absolute Gasteiger partial charge is 0.276 e. The van der Waals surface area contributed by atoms with Gasteiger partial charge in [0.25, 0.3) is 10.0 Å². The van der Waals surface area contributed by atoms with E-state index < -0.39 is 10.0 Å². The second-order valence-electron chi connectivity index (χ2n) is 5.61. The molecular weight excluding hydrogens is 272 g/mol. The first-order valence-electron chi connectivity index (χ1n) is 6.79. The lowest BCUT2D eigenvalue weighted by Crippen LogP contribution is -2.35. The Bertz CT molecular complexity index is 705. The Morgan fingerprint density at radius 2 is 2.10 bits per heavy atom. The zero-order chi connectivity index (χ0) is 14.3. The summed E-state index contributed by atoms with van der Waals surface area (Å²) in [5.74, 6) is 0.982. The van der Waals surface area contributed by atoms with E-state index >= 15 is 0 Å². The molecule has 0 radical (unpaired) electrons. The average Bonchev–Trinajstić information content (AvgIpc) is 2.74. The molecule has 0 aliphatic heterocycles. The Labute approximate surface area is 119 Å². The van der Waals surface area contributed by atoms with Crippen LogP contribution in [-0.4, -0.2) is 14.1 Å². The van der Waals surface area contributed by atoms with Crippen LogP contribution in [-0.2, 0) is 10.0 Å². The third-order valence-electron chi connectivity index (χ3n) is 4.11. The van der Waals surface area contributed by atoms with Crippen LogP contribution in [0, 0.1) is 25.7 Å². The average molecular weight is 290 g/mol. The minimum absolute atomic E-state index is 0.308. The van der Waals surface area contributed by atoms with Crippen molar-refractivity contribution in [2.45, 2.75) is 31.6 Å². The number of allylic oxidation sites excluding steroid dienone is 2. The number of rotatable bonds is 3. The molecule has 5 heteroatoms. The molecule has 0 heterocycles. The maximum atomic E-state index is 12.3. The van der Waals surface area contributed by atoms with E-state index in [9.17, 15) is 8.42 Å². The summed E-state index contributed by atoms with van der Waals surface area (Å²) < 4.78 is 24.6. The summed E-state index contributed by atoms with van der Waals surface area (Å²) in [4.78, 5) is 2.70. The van der Waals surface area contributed by atoms with Crippen molar-refractivity contribution in [3.8, 4) is 0 Å². The number of hydrogen-bond acceptors (Lipinski definition) is 3. The topological polar surface area (TPSA) is 58.5 Å². The number of fused-ring (bicyclic) bond motifs is 1. The Kier molecular flexibility index (Phi) is 3.17. The van der Waals surface area contributed by atoms with Crippen LogP contribution in [0.2, 0.25) is 0 Å². The number of sulfonamides is 1. The van der Waals surface area contributed by atoms with E-state index in [1.165, 1.54) is 0 Å². The predicted octanol–water partition coefficient (Wildman–Crippen LogP) is 2.53. The number of hydrazone groups is 1. The van der Waals surface area contributed by atoms with E-state index in [1.807, 2.05) is 19.1 Å². The van der Waals surface area contributed by atoms with Crippen molar-refractivity contribution in [1.29, 1.82) is 0 Å². The first-order chi connectivity index (χ1) is 9.47. The fourth-order valence-electron chi connectivity index (χ4n) is 2.83. The molecule has 2 aliphatic carbocycles. The van der Waals surface area contributed by atoms with Crippen LogP contribution in [0.4, 0.5) is 0 Å². The van der Waals surface area contributed by atoms with Gasteiger partial charge in [0.05, 0.1) is 4.90 Å². The zero-order valence-electron chi connectivity index (χ0n) is 11.6. The van der Waals surface area contributed by atoms with E-state index in [4.69, 9.17) is 0 Å². The van der Waals surface area contributed by atoms with Crippen LogP contribution >= 0.6 is 0 Å². The molecule has 0 amide bonds. The Hall–Kier alpha value is -1.62. The van der Waals surface area contributed by atoms with Crippen LogP contribution in [0.1, 0.15) is 24.0 Å². The molecule has 1 saturated carbocycles. The summed E-state index contributed by atoms with van der Waals surface area (Å²) in [6, 6.07) is 5.40. The molecule has 0 bridgehead atoms. The molecule has 20 heavy (non-hydrogen) atoms. The van der Waals surface area contributed by atoms with Crippen molar-refractivity contribution in [3.05, 3.63) is 41.5 Å². The first kappa shape index (κ1) is 13.4. The molecule has 1 N–H and O–H groups in total. The molecule has 2 aliphatic rings. The quantitative estimate of drug-likeness (QED) is 0.687. The molecule has 1 aromatic rings. The molecular formula is C15H18N2O2S. The Morgan fingerprint density at radius 1 is 1.30 bits per heavy atom. The smallest absolute Gasteiger partial charge is 0.200 e. The van der Waals surface area contributed by atoms with Crippen LogP contribution in [0.25, 0.3) is 0 Å². The van der Waals surface area contributed by atoms with E-state index in [2.05, 4.69) is 22.1 Å². The lowest BCUT2D eigenvalue weighted by atomic mass is 9.74. The third kappa shape index (κ3) is 2.26. The molecule has 1 fully saturated rings. The fourth-order valence-corrected chi connectivity index (χ4v) is 4.00. The van der Waals surface area contributed by atoms with Gasteiger partial charge in [-0.1, -0.05) is 24.3 Å². The van der Waals surface area contributed by atoms with Crippen LogP contribution in [0.15, 0.2) is 40.3 Å². The van der Waals surface area contributed by atoms with Crippen molar-refractivity contribution in [2.75, 3.05) is 0 Å². The highest BCUT2D eigenvalue weighted by Crippen LogP contribution is 2.40. The summed E-state index contributed by atoms with van der Waals surface area (Å²) in [6.07, 6.45) is 6.20. The maximum absolute atomic E-state index is 12.3. The summed E-state index contributed by atoms with van der Waals surface area (Å²) in [7, 11) is -3.57. The number of nitrogens with one attached hydrogen (secondary N) is 1. The third-order valence-corrected chi connectivity index (χ3v) is 5.46. The van der Waals surface area contributed by atoms with E-state index in [-0.39, 0.29) is 0 Å². The van der Waals surface area contributed by atoms with Gasteiger partial charge in [0.15, 0.2) is 0 Å². The van der Waals surface area contributed by atoms with Crippen molar-refractivity contribution >= 4 is 15.7 Å². The molecule has 0 saturated heterocycles. The highest BCUT2D eigenvalue weighted by atomic mass is 32.2. The summed E-state index contributed by atoms with van der Waals surface area (Å²) >= 11 is 0. The van der Waals surface area contributed by atoms with Gasteiger partial charge in [-0.25, -0.2) is 4.83 Å². The monoisotopic (exact) mass is 290 g/mol. The van der Waals surface area contributed by atoms with Gasteiger partial charge in [0.1, 0.15) is 0 Å². The zero-order valence-corrected chi connectivity index (χ0v) is 12.4. The predicted molar refractivity (Wildman–Crippen MR) is 79.0 cm³/mol. The number of nitrogens with zero attached hydrogens (tertiary/aromatic N) is 1. The second kappa shape index (κ2) is 4.74. The SMILES string of the molecule is Cc1ccc(C)c(S(=O)(=O)N/N=C2/C[C@@H]3C=CC[C@H]23)c1. The lowest BCUT2D eigenvalue weighted by Gasteiger charge is -2.31. The van der Waals surface area contributed by atoms with Crippen molar-refractivity contribution in [3.63, 3.8) is 0 Å². The minimum Gasteiger partial charge on any atom is -0.200 e. The summed E-state index contributed by atoms with van der Waals surface area (Å²) in [6.45, 7) is 3.67. The Balaban J connectivity index is 1.80. The number of hydrogen-bond donors (Lipinski definition) is 1. The highest BCUT2D eigenvalue weighted by Gasteiger charge is 2.38. The van der Waals surface area contributed by atoms with E-state index in [0.29, 0.717) is 16.7 Å². The first-order valence-corrected chi connectivity index (χ1v) is 8.28. The van der Waals surface area contributed by atoms with Gasteiger partial charge < -0.3 is 0 Å². The molecule has 106 valence electrons. The van der Waals surface area contributed by atoms with Gasteiger partial charge in [-0.2, -0.15) is 13.5 Å². The highest BCUT2D eigenvalue weighted by molar-refractivity contribution is 7.89. The molecule has 3 rings (SSSR count). The van der Waals surface area contributed by atoms with Gasteiger partial charge in [-0.3, -0.25) is 0 Å². The van der Waals surface area contributed by atoms with Gasteiger partial charge in [-0.05, 0) is 49.8 Å². The standard InChI is InChI=1S/C15H18N2O2S/c1-10-6-7-11(2)15(8-10)20(18,19)17-16-14-9-12-4-3-5-13(12)14/h3-4,6-8,12-13,17H,5,9H2,1-2H3/b16-14-/t12-,13-/m0/s1. The van der Waals surface area contributed by atoms with Gasteiger partial charge in [0.2, 0.25) is 0 Å². The summed E-state index contributed by atoms with van der Waals surface area (Å²) in [5, 5.41) is 4.13. The molecule has 4 nitrogen and oxygen atoms in total. The minimum atomic E-state index is -3.57. The molecule has 2 atom stereocenters. The van der Waals surface area contributed by atoms with E-state index in [1.54, 1.807) is 13.0 Å². The lowest BCUT2D eigenvalue weighted by molar-refractivity contribution is 0.463. The maximum Gasteiger partial charge on any atom is 0.276 e.